The first kappa shape index (κ1) is 19.9. The fourth-order valence-electron chi connectivity index (χ4n) is 3.65. The Morgan fingerprint density at radius 2 is 1.70 bits per heavy atom. The minimum atomic E-state index is -0.0159. The highest BCUT2D eigenvalue weighted by Gasteiger charge is 2.22. The number of nitrogens with zero attached hydrogens (tertiary/aromatic N) is 4. The summed E-state index contributed by atoms with van der Waals surface area (Å²) in [5.74, 6) is 1.67. The molecule has 0 saturated carbocycles. The van der Waals surface area contributed by atoms with Crippen LogP contribution in [0.15, 0.2) is 60.7 Å². The van der Waals surface area contributed by atoms with Gasteiger partial charge in [-0.05, 0) is 25.5 Å². The third-order valence-electron chi connectivity index (χ3n) is 5.29. The van der Waals surface area contributed by atoms with E-state index in [4.69, 9.17) is 4.98 Å². The van der Waals surface area contributed by atoms with Crippen LogP contribution in [0, 0.1) is 13.8 Å². The molecule has 6 nitrogen and oxygen atoms in total. The largest absolute Gasteiger partial charge is 0.353 e. The number of aryl methyl sites for hydroxylation is 2. The van der Waals surface area contributed by atoms with Gasteiger partial charge in [-0.3, -0.25) is 0 Å². The zero-order chi connectivity index (χ0) is 20.9. The summed E-state index contributed by atoms with van der Waals surface area (Å²) in [4.78, 5) is 26.0. The molecule has 0 spiro atoms. The summed E-state index contributed by atoms with van der Waals surface area (Å²) in [7, 11) is 0. The number of hydrogen-bond acceptors (Lipinski definition) is 4. The second kappa shape index (κ2) is 8.95. The second-order valence-electron chi connectivity index (χ2n) is 7.68. The van der Waals surface area contributed by atoms with Gasteiger partial charge in [0, 0.05) is 50.0 Å². The van der Waals surface area contributed by atoms with Crippen LogP contribution in [0.25, 0.3) is 11.4 Å². The lowest BCUT2D eigenvalue weighted by molar-refractivity contribution is 0.194. The Bertz CT molecular complexity index is 1010. The van der Waals surface area contributed by atoms with E-state index in [1.54, 1.807) is 0 Å². The molecule has 4 rings (SSSR count). The van der Waals surface area contributed by atoms with E-state index in [1.165, 1.54) is 5.56 Å². The van der Waals surface area contributed by atoms with E-state index < -0.39 is 0 Å². The van der Waals surface area contributed by atoms with Crippen molar-refractivity contribution in [3.05, 3.63) is 77.5 Å². The number of carbonyl (C=O) groups is 1. The summed E-state index contributed by atoms with van der Waals surface area (Å²) < 4.78 is 0. The van der Waals surface area contributed by atoms with Crippen LogP contribution in [-0.2, 0) is 6.54 Å². The maximum atomic E-state index is 12.5. The predicted molar refractivity (Wildman–Crippen MR) is 119 cm³/mol. The Balaban J connectivity index is 1.38. The third-order valence-corrected chi connectivity index (χ3v) is 5.29. The van der Waals surface area contributed by atoms with E-state index in [1.807, 2.05) is 60.4 Å². The van der Waals surface area contributed by atoms with Crippen molar-refractivity contribution in [3.63, 3.8) is 0 Å². The van der Waals surface area contributed by atoms with Crippen LogP contribution >= 0.6 is 0 Å². The summed E-state index contributed by atoms with van der Waals surface area (Å²) >= 11 is 0. The van der Waals surface area contributed by atoms with Crippen molar-refractivity contribution >= 4 is 11.8 Å². The fourth-order valence-corrected chi connectivity index (χ4v) is 3.65. The highest BCUT2D eigenvalue weighted by atomic mass is 16.2. The molecule has 0 unspecified atom stereocenters. The Morgan fingerprint density at radius 3 is 2.43 bits per heavy atom. The molecule has 6 heteroatoms. The van der Waals surface area contributed by atoms with Gasteiger partial charge in [0.2, 0.25) is 0 Å². The molecule has 1 N–H and O–H groups in total. The zero-order valence-electron chi connectivity index (χ0n) is 17.5. The van der Waals surface area contributed by atoms with Crippen molar-refractivity contribution in [2.45, 2.75) is 20.4 Å². The van der Waals surface area contributed by atoms with Crippen molar-refractivity contribution in [1.29, 1.82) is 0 Å². The first-order valence-electron chi connectivity index (χ1n) is 10.3. The molecule has 1 aliphatic heterocycles. The number of piperazine rings is 1. The van der Waals surface area contributed by atoms with Crippen molar-refractivity contribution in [2.75, 3.05) is 31.1 Å². The van der Waals surface area contributed by atoms with Gasteiger partial charge in [0.1, 0.15) is 5.82 Å². The van der Waals surface area contributed by atoms with Gasteiger partial charge in [0.15, 0.2) is 5.82 Å². The fraction of sp³-hybridized carbons (Fsp3) is 0.292. The number of rotatable bonds is 4. The van der Waals surface area contributed by atoms with E-state index in [2.05, 4.69) is 34.3 Å². The number of aromatic nitrogens is 2. The number of amides is 2. The third kappa shape index (κ3) is 4.76. The molecule has 2 heterocycles. The average molecular weight is 402 g/mol. The van der Waals surface area contributed by atoms with Crippen LogP contribution in [0.4, 0.5) is 10.6 Å². The Labute approximate surface area is 177 Å². The monoisotopic (exact) mass is 401 g/mol. The van der Waals surface area contributed by atoms with E-state index in [0.717, 1.165) is 41.6 Å². The lowest BCUT2D eigenvalue weighted by atomic mass is 10.1. The second-order valence-corrected chi connectivity index (χ2v) is 7.68. The first-order valence-corrected chi connectivity index (χ1v) is 10.3. The Kier molecular flexibility index (Phi) is 5.93. The number of nitrogens with one attached hydrogen (secondary N) is 1. The minimum Gasteiger partial charge on any atom is -0.353 e. The summed E-state index contributed by atoms with van der Waals surface area (Å²) in [6.07, 6.45) is 0. The Morgan fingerprint density at radius 1 is 0.933 bits per heavy atom. The maximum Gasteiger partial charge on any atom is 0.317 e. The van der Waals surface area contributed by atoms with Gasteiger partial charge in [-0.2, -0.15) is 0 Å². The van der Waals surface area contributed by atoms with E-state index in [0.29, 0.717) is 19.6 Å². The molecule has 1 fully saturated rings. The summed E-state index contributed by atoms with van der Waals surface area (Å²) in [5, 5.41) is 3.01. The molecule has 2 amide bonds. The predicted octanol–water partition coefficient (Wildman–Crippen LogP) is 3.79. The van der Waals surface area contributed by atoms with Crippen LogP contribution < -0.4 is 10.2 Å². The van der Waals surface area contributed by atoms with Crippen LogP contribution in [0.1, 0.15) is 16.8 Å². The molecule has 1 saturated heterocycles. The highest BCUT2D eigenvalue weighted by molar-refractivity contribution is 5.74. The van der Waals surface area contributed by atoms with Gasteiger partial charge in [0.05, 0.1) is 0 Å². The Hall–Kier alpha value is -3.41. The molecule has 0 atom stereocenters. The SMILES string of the molecule is Cc1cccc(-c2nc(C)cc(N3CCN(C(=O)NCc4ccccc4)CC3)n2)c1. The number of anilines is 1. The van der Waals surface area contributed by atoms with Gasteiger partial charge < -0.3 is 15.1 Å². The molecule has 1 aliphatic rings. The van der Waals surface area contributed by atoms with Crippen molar-refractivity contribution in [1.82, 2.24) is 20.2 Å². The zero-order valence-corrected chi connectivity index (χ0v) is 17.5. The highest BCUT2D eigenvalue weighted by Crippen LogP contribution is 2.22. The smallest absolute Gasteiger partial charge is 0.317 e. The van der Waals surface area contributed by atoms with Crippen molar-refractivity contribution in [2.24, 2.45) is 0 Å². The van der Waals surface area contributed by atoms with Gasteiger partial charge >= 0.3 is 6.03 Å². The molecule has 30 heavy (non-hydrogen) atoms. The maximum absolute atomic E-state index is 12.5. The van der Waals surface area contributed by atoms with Gasteiger partial charge in [-0.1, -0.05) is 54.1 Å². The van der Waals surface area contributed by atoms with Crippen LogP contribution in [0.5, 0.6) is 0 Å². The number of urea groups is 1. The van der Waals surface area contributed by atoms with Gasteiger partial charge in [-0.15, -0.1) is 0 Å². The first-order chi connectivity index (χ1) is 14.6. The quantitative estimate of drug-likeness (QED) is 0.723. The number of benzene rings is 2. The molecular weight excluding hydrogens is 374 g/mol. The number of carbonyl (C=O) groups excluding carboxylic acids is 1. The molecule has 1 aromatic heterocycles. The lowest BCUT2D eigenvalue weighted by Gasteiger charge is -2.35. The van der Waals surface area contributed by atoms with Gasteiger partial charge in [-0.25, -0.2) is 14.8 Å². The number of hydrogen-bond donors (Lipinski definition) is 1. The van der Waals surface area contributed by atoms with E-state index >= 15 is 0 Å². The standard InChI is InChI=1S/C24H27N5O/c1-18-7-6-10-21(15-18)23-26-19(2)16-22(27-23)28-11-13-29(14-12-28)24(30)25-17-20-8-4-3-5-9-20/h3-10,15-16H,11-14,17H2,1-2H3,(H,25,30). The molecule has 3 aromatic rings. The molecule has 0 aliphatic carbocycles. The van der Waals surface area contributed by atoms with E-state index in [-0.39, 0.29) is 6.03 Å². The van der Waals surface area contributed by atoms with Crippen molar-refractivity contribution < 1.29 is 4.79 Å². The van der Waals surface area contributed by atoms with Crippen LogP contribution in [0.2, 0.25) is 0 Å². The molecule has 0 radical (unpaired) electrons. The topological polar surface area (TPSA) is 61.4 Å². The van der Waals surface area contributed by atoms with E-state index in [9.17, 15) is 4.79 Å². The van der Waals surface area contributed by atoms with Gasteiger partial charge in [0.25, 0.3) is 0 Å². The molecule has 2 aromatic carbocycles. The minimum absolute atomic E-state index is 0.0159. The molecular formula is C24H27N5O. The average Bonchev–Trinajstić information content (AvgIpc) is 2.78. The van der Waals surface area contributed by atoms with Crippen LogP contribution in [-0.4, -0.2) is 47.1 Å². The molecule has 154 valence electrons. The summed E-state index contributed by atoms with van der Waals surface area (Å²) in [6, 6.07) is 20.2. The normalized spacial score (nSPS) is 13.9. The van der Waals surface area contributed by atoms with Crippen LogP contribution in [0.3, 0.4) is 0 Å². The summed E-state index contributed by atoms with van der Waals surface area (Å²) in [6.45, 7) is 7.46. The molecule has 0 bridgehead atoms. The lowest BCUT2D eigenvalue weighted by Crippen LogP contribution is -2.52. The summed E-state index contributed by atoms with van der Waals surface area (Å²) in [5.41, 5.74) is 4.26. The van der Waals surface area contributed by atoms with Crippen molar-refractivity contribution in [3.8, 4) is 11.4 Å².